The average Bonchev–Trinajstić information content (AvgIpc) is 2.36. The largest absolute Gasteiger partial charge is 0.497 e. The highest BCUT2D eigenvalue weighted by Crippen LogP contribution is 2.30. The predicted octanol–water partition coefficient (Wildman–Crippen LogP) is 2.18. The van der Waals surface area contributed by atoms with Crippen LogP contribution in [0.15, 0.2) is 23.1 Å². The molecule has 0 radical (unpaired) electrons. The lowest BCUT2D eigenvalue weighted by atomic mass is 10.2. The fraction of sp³-hybridized carbons (Fsp3) is 0.417. The van der Waals surface area contributed by atoms with Crippen LogP contribution < -0.4 is 10.5 Å². The Kier molecular flexibility index (Phi) is 5.15. The zero-order chi connectivity index (χ0) is 12.8. The van der Waals surface area contributed by atoms with Crippen LogP contribution >= 0.6 is 11.8 Å². The van der Waals surface area contributed by atoms with Gasteiger partial charge in [-0.1, -0.05) is 6.92 Å². The fourth-order valence-electron chi connectivity index (χ4n) is 1.25. The van der Waals surface area contributed by atoms with E-state index in [0.29, 0.717) is 11.4 Å². The van der Waals surface area contributed by atoms with Crippen LogP contribution in [0.25, 0.3) is 0 Å². The smallest absolute Gasteiger partial charge is 0.309 e. The molecule has 0 amide bonds. The minimum atomic E-state index is -0.209. The SMILES string of the molecule is COC(=O)C(C)CSc1cc(OC)ccc1N. The van der Waals surface area contributed by atoms with E-state index in [0.717, 1.165) is 10.6 Å². The molecule has 0 saturated heterocycles. The standard InChI is InChI=1S/C12H17NO3S/c1-8(12(14)16-3)7-17-11-6-9(15-2)4-5-10(11)13/h4-6,8H,7,13H2,1-3H3. The Morgan fingerprint density at radius 2 is 2.18 bits per heavy atom. The van der Waals surface area contributed by atoms with Gasteiger partial charge in [0.25, 0.3) is 0 Å². The van der Waals surface area contributed by atoms with Crippen molar-refractivity contribution < 1.29 is 14.3 Å². The van der Waals surface area contributed by atoms with E-state index in [1.165, 1.54) is 18.9 Å². The Balaban J connectivity index is 2.65. The van der Waals surface area contributed by atoms with Gasteiger partial charge >= 0.3 is 5.97 Å². The third-order valence-corrected chi connectivity index (χ3v) is 3.64. The molecule has 2 N–H and O–H groups in total. The van der Waals surface area contributed by atoms with E-state index in [1.807, 2.05) is 19.1 Å². The summed E-state index contributed by atoms with van der Waals surface area (Å²) >= 11 is 1.52. The van der Waals surface area contributed by atoms with Crippen LogP contribution in [-0.4, -0.2) is 25.9 Å². The van der Waals surface area contributed by atoms with E-state index in [-0.39, 0.29) is 11.9 Å². The molecule has 1 aromatic carbocycles. The zero-order valence-corrected chi connectivity index (χ0v) is 11.0. The Bertz CT molecular complexity index is 395. The van der Waals surface area contributed by atoms with Gasteiger partial charge in [0.1, 0.15) is 5.75 Å². The van der Waals surface area contributed by atoms with Gasteiger partial charge in [-0.05, 0) is 18.2 Å². The number of nitrogens with two attached hydrogens (primary N) is 1. The third-order valence-electron chi connectivity index (χ3n) is 2.31. The normalized spacial score (nSPS) is 11.9. The van der Waals surface area contributed by atoms with Crippen molar-refractivity contribution in [2.24, 2.45) is 5.92 Å². The molecule has 0 aliphatic heterocycles. The first kappa shape index (κ1) is 13.7. The van der Waals surface area contributed by atoms with Gasteiger partial charge in [-0.25, -0.2) is 0 Å². The number of rotatable bonds is 5. The Labute approximate surface area is 105 Å². The molecule has 0 aliphatic carbocycles. The number of esters is 1. The number of thioether (sulfide) groups is 1. The quantitative estimate of drug-likeness (QED) is 0.496. The van der Waals surface area contributed by atoms with Crippen LogP contribution in [-0.2, 0) is 9.53 Å². The van der Waals surface area contributed by atoms with E-state index in [2.05, 4.69) is 4.74 Å². The van der Waals surface area contributed by atoms with Crippen LogP contribution in [0.3, 0.4) is 0 Å². The Morgan fingerprint density at radius 3 is 2.76 bits per heavy atom. The van der Waals surface area contributed by atoms with Crippen molar-refractivity contribution in [3.05, 3.63) is 18.2 Å². The highest BCUT2D eigenvalue weighted by atomic mass is 32.2. The fourth-order valence-corrected chi connectivity index (χ4v) is 2.25. The lowest BCUT2D eigenvalue weighted by Gasteiger charge is -2.11. The predicted molar refractivity (Wildman–Crippen MR) is 69.3 cm³/mol. The second-order valence-electron chi connectivity index (χ2n) is 3.64. The Morgan fingerprint density at radius 1 is 1.47 bits per heavy atom. The maximum absolute atomic E-state index is 11.2. The van der Waals surface area contributed by atoms with Crippen LogP contribution in [0.4, 0.5) is 5.69 Å². The first-order valence-corrected chi connectivity index (χ1v) is 6.21. The number of anilines is 1. The molecule has 0 aliphatic rings. The molecule has 0 saturated carbocycles. The molecule has 1 unspecified atom stereocenters. The van der Waals surface area contributed by atoms with Gasteiger partial charge < -0.3 is 15.2 Å². The van der Waals surface area contributed by atoms with E-state index in [1.54, 1.807) is 13.2 Å². The molecular formula is C12H17NO3S. The molecule has 17 heavy (non-hydrogen) atoms. The summed E-state index contributed by atoms with van der Waals surface area (Å²) in [6.45, 7) is 1.83. The molecule has 1 rings (SSSR count). The van der Waals surface area contributed by atoms with Gasteiger partial charge in [-0.2, -0.15) is 0 Å². The molecule has 0 spiro atoms. The summed E-state index contributed by atoms with van der Waals surface area (Å²) in [7, 11) is 3.00. The van der Waals surface area contributed by atoms with E-state index < -0.39 is 0 Å². The molecule has 5 heteroatoms. The number of benzene rings is 1. The van der Waals surface area contributed by atoms with Crippen molar-refractivity contribution in [3.8, 4) is 5.75 Å². The topological polar surface area (TPSA) is 61.5 Å². The van der Waals surface area contributed by atoms with E-state index >= 15 is 0 Å². The van der Waals surface area contributed by atoms with Gasteiger partial charge in [0.2, 0.25) is 0 Å². The van der Waals surface area contributed by atoms with Crippen molar-refractivity contribution in [1.82, 2.24) is 0 Å². The highest BCUT2D eigenvalue weighted by Gasteiger charge is 2.14. The van der Waals surface area contributed by atoms with Gasteiger partial charge in [0, 0.05) is 16.3 Å². The minimum Gasteiger partial charge on any atom is -0.497 e. The number of nitrogen functional groups attached to an aromatic ring is 1. The van der Waals surface area contributed by atoms with E-state index in [9.17, 15) is 4.79 Å². The first-order chi connectivity index (χ1) is 8.08. The summed E-state index contributed by atoms with van der Waals surface area (Å²) in [6.07, 6.45) is 0. The number of methoxy groups -OCH3 is 2. The van der Waals surface area contributed by atoms with Crippen molar-refractivity contribution in [1.29, 1.82) is 0 Å². The maximum Gasteiger partial charge on any atom is 0.309 e. The number of hydrogen-bond donors (Lipinski definition) is 1. The van der Waals surface area contributed by atoms with Gasteiger partial charge in [-0.15, -0.1) is 11.8 Å². The lowest BCUT2D eigenvalue weighted by Crippen LogP contribution is -2.14. The van der Waals surface area contributed by atoms with Gasteiger partial charge in [0.15, 0.2) is 0 Å². The summed E-state index contributed by atoms with van der Waals surface area (Å²) in [5.41, 5.74) is 6.53. The van der Waals surface area contributed by atoms with Gasteiger partial charge in [-0.3, -0.25) is 4.79 Å². The molecule has 0 heterocycles. The Hall–Kier alpha value is -1.36. The minimum absolute atomic E-state index is 0.157. The zero-order valence-electron chi connectivity index (χ0n) is 10.2. The van der Waals surface area contributed by atoms with Crippen molar-refractivity contribution in [2.75, 3.05) is 25.7 Å². The number of carbonyl (C=O) groups is 1. The molecule has 1 atom stereocenters. The number of carbonyl (C=O) groups excluding carboxylic acids is 1. The van der Waals surface area contributed by atoms with E-state index in [4.69, 9.17) is 10.5 Å². The van der Waals surface area contributed by atoms with Crippen LogP contribution in [0.2, 0.25) is 0 Å². The molecule has 4 nitrogen and oxygen atoms in total. The van der Waals surface area contributed by atoms with Crippen LogP contribution in [0, 0.1) is 5.92 Å². The average molecular weight is 255 g/mol. The summed E-state index contributed by atoms with van der Waals surface area (Å²) in [5.74, 6) is 1.02. The van der Waals surface area contributed by atoms with Crippen molar-refractivity contribution >= 4 is 23.4 Å². The maximum atomic E-state index is 11.2. The first-order valence-electron chi connectivity index (χ1n) is 5.22. The second kappa shape index (κ2) is 6.39. The lowest BCUT2D eigenvalue weighted by molar-refractivity contribution is -0.143. The van der Waals surface area contributed by atoms with Crippen molar-refractivity contribution in [2.45, 2.75) is 11.8 Å². The van der Waals surface area contributed by atoms with Crippen molar-refractivity contribution in [3.63, 3.8) is 0 Å². The second-order valence-corrected chi connectivity index (χ2v) is 4.70. The van der Waals surface area contributed by atoms with Crippen LogP contribution in [0.5, 0.6) is 5.75 Å². The van der Waals surface area contributed by atoms with Crippen LogP contribution in [0.1, 0.15) is 6.92 Å². The molecular weight excluding hydrogens is 238 g/mol. The summed E-state index contributed by atoms with van der Waals surface area (Å²) in [6, 6.07) is 5.47. The molecule has 1 aromatic rings. The molecule has 0 fully saturated rings. The van der Waals surface area contributed by atoms with Gasteiger partial charge in [0.05, 0.1) is 20.1 Å². The molecule has 0 aromatic heterocycles. The summed E-state index contributed by atoms with van der Waals surface area (Å²) < 4.78 is 9.79. The summed E-state index contributed by atoms with van der Waals surface area (Å²) in [4.78, 5) is 12.2. The highest BCUT2D eigenvalue weighted by molar-refractivity contribution is 7.99. The summed E-state index contributed by atoms with van der Waals surface area (Å²) in [5, 5.41) is 0. The third kappa shape index (κ3) is 3.85. The molecule has 0 bridgehead atoms. The number of ether oxygens (including phenoxy) is 2. The monoisotopic (exact) mass is 255 g/mol. The molecule has 94 valence electrons. The number of hydrogen-bond acceptors (Lipinski definition) is 5.